The molecule has 3 heterocycles. The highest BCUT2D eigenvalue weighted by atomic mass is 16.6. The number of hydrogen-bond donors (Lipinski definition) is 1. The molecular weight excluding hydrogens is 544 g/mol. The number of anilines is 2. The van der Waals surface area contributed by atoms with Crippen LogP contribution in [0, 0.1) is 0 Å². The molecule has 2 fully saturated rings. The Labute approximate surface area is 253 Å². The van der Waals surface area contributed by atoms with Crippen molar-refractivity contribution in [2.24, 2.45) is 0 Å². The standard InChI is InChI=1S/C33H44N6O4/c1-24(40)34-27-10-7-9-26(23-27)25-13-17-36(18-14-25)15-8-16-39-31(41)29-12-6-5-11-28(29)30(35-39)37-19-21-38(22-20-37)32(42)43-33(2,3)4/h5-7,9-12,23,25H,8,13-22H2,1-4H3,(H,34,40). The Hall–Kier alpha value is -3.92. The molecule has 0 unspecified atom stereocenters. The summed E-state index contributed by atoms with van der Waals surface area (Å²) in [7, 11) is 0. The average Bonchev–Trinajstić information content (AvgIpc) is 2.98. The topological polar surface area (TPSA) is 100 Å². The normalized spacial score (nSPS) is 16.8. The Morgan fingerprint density at radius 3 is 2.30 bits per heavy atom. The fourth-order valence-corrected chi connectivity index (χ4v) is 6.04. The van der Waals surface area contributed by atoms with E-state index in [0.717, 1.165) is 55.8 Å². The summed E-state index contributed by atoms with van der Waals surface area (Å²) < 4.78 is 7.18. The van der Waals surface area contributed by atoms with Gasteiger partial charge in [0.1, 0.15) is 5.60 Å². The number of aromatic nitrogens is 2. The highest BCUT2D eigenvalue weighted by Crippen LogP contribution is 2.30. The van der Waals surface area contributed by atoms with Crippen LogP contribution in [0.25, 0.3) is 10.8 Å². The number of nitrogens with one attached hydrogen (secondary N) is 1. The van der Waals surface area contributed by atoms with Gasteiger partial charge in [-0.2, -0.15) is 5.10 Å². The van der Waals surface area contributed by atoms with Crippen LogP contribution < -0.4 is 15.8 Å². The molecular formula is C33H44N6O4. The number of amides is 2. The van der Waals surface area contributed by atoms with Gasteiger partial charge in [-0.05, 0) is 89.3 Å². The molecule has 2 aliphatic rings. The van der Waals surface area contributed by atoms with E-state index in [9.17, 15) is 14.4 Å². The zero-order valence-corrected chi connectivity index (χ0v) is 25.8. The van der Waals surface area contributed by atoms with Gasteiger partial charge in [0.15, 0.2) is 5.82 Å². The summed E-state index contributed by atoms with van der Waals surface area (Å²) in [4.78, 5) is 43.8. The van der Waals surface area contributed by atoms with Gasteiger partial charge in [0.2, 0.25) is 5.91 Å². The third kappa shape index (κ3) is 7.73. The number of nitrogens with zero attached hydrogens (tertiary/aromatic N) is 5. The first-order valence-corrected chi connectivity index (χ1v) is 15.4. The van der Waals surface area contributed by atoms with Gasteiger partial charge in [-0.1, -0.05) is 30.3 Å². The molecule has 10 nitrogen and oxygen atoms in total. The van der Waals surface area contributed by atoms with Crippen LogP contribution >= 0.6 is 0 Å². The summed E-state index contributed by atoms with van der Waals surface area (Å²) in [5, 5.41) is 9.26. The van der Waals surface area contributed by atoms with Gasteiger partial charge < -0.3 is 24.8 Å². The van der Waals surface area contributed by atoms with Crippen molar-refractivity contribution in [2.75, 3.05) is 56.0 Å². The molecule has 3 aromatic rings. The zero-order valence-electron chi connectivity index (χ0n) is 25.8. The molecule has 230 valence electrons. The number of likely N-dealkylation sites (tertiary alicyclic amines) is 1. The van der Waals surface area contributed by atoms with Gasteiger partial charge in [0, 0.05) is 50.7 Å². The van der Waals surface area contributed by atoms with Crippen molar-refractivity contribution < 1.29 is 14.3 Å². The second-order valence-electron chi connectivity index (χ2n) is 12.6. The Kier molecular flexibility index (Phi) is 9.34. The molecule has 10 heteroatoms. The number of carbonyl (C=O) groups excluding carboxylic acids is 2. The lowest BCUT2D eigenvalue weighted by Gasteiger charge is -2.36. The largest absolute Gasteiger partial charge is 0.444 e. The molecule has 0 atom stereocenters. The van der Waals surface area contributed by atoms with Crippen molar-refractivity contribution in [3.63, 3.8) is 0 Å². The number of rotatable bonds is 7. The summed E-state index contributed by atoms with van der Waals surface area (Å²) in [5.74, 6) is 1.22. The van der Waals surface area contributed by atoms with E-state index in [1.165, 1.54) is 12.5 Å². The number of carbonyl (C=O) groups is 2. The van der Waals surface area contributed by atoms with Crippen LogP contribution in [-0.4, -0.2) is 83.0 Å². The van der Waals surface area contributed by atoms with E-state index in [1.807, 2.05) is 57.2 Å². The van der Waals surface area contributed by atoms with E-state index in [4.69, 9.17) is 9.84 Å². The summed E-state index contributed by atoms with van der Waals surface area (Å²) in [6.45, 7) is 12.9. The molecule has 1 N–H and O–H groups in total. The molecule has 1 aromatic heterocycles. The average molecular weight is 589 g/mol. The van der Waals surface area contributed by atoms with Gasteiger partial charge in [-0.3, -0.25) is 9.59 Å². The molecule has 2 aliphatic heterocycles. The van der Waals surface area contributed by atoms with Crippen molar-refractivity contribution in [1.29, 1.82) is 0 Å². The zero-order chi connectivity index (χ0) is 30.6. The predicted octanol–water partition coefficient (Wildman–Crippen LogP) is 4.68. The molecule has 0 radical (unpaired) electrons. The van der Waals surface area contributed by atoms with Crippen LogP contribution in [0.4, 0.5) is 16.3 Å². The van der Waals surface area contributed by atoms with E-state index >= 15 is 0 Å². The first-order valence-electron chi connectivity index (χ1n) is 15.4. The maximum absolute atomic E-state index is 13.4. The minimum atomic E-state index is -0.530. The van der Waals surface area contributed by atoms with Crippen LogP contribution in [0.2, 0.25) is 0 Å². The Morgan fingerprint density at radius 1 is 0.930 bits per heavy atom. The Balaban J connectivity index is 1.19. The van der Waals surface area contributed by atoms with Crippen molar-refractivity contribution in [2.45, 2.75) is 65.0 Å². The fourth-order valence-electron chi connectivity index (χ4n) is 6.04. The van der Waals surface area contributed by atoms with Gasteiger partial charge in [0.25, 0.3) is 5.56 Å². The van der Waals surface area contributed by atoms with Crippen LogP contribution in [0.3, 0.4) is 0 Å². The second-order valence-corrected chi connectivity index (χ2v) is 12.6. The number of ether oxygens (including phenoxy) is 1. The van der Waals surface area contributed by atoms with Crippen LogP contribution in [0.15, 0.2) is 53.3 Å². The van der Waals surface area contributed by atoms with Crippen molar-refractivity contribution >= 4 is 34.3 Å². The Morgan fingerprint density at radius 2 is 1.63 bits per heavy atom. The summed E-state index contributed by atoms with van der Waals surface area (Å²) >= 11 is 0. The summed E-state index contributed by atoms with van der Waals surface area (Å²) in [5.41, 5.74) is 1.53. The van der Waals surface area contributed by atoms with Crippen molar-refractivity contribution in [3.05, 3.63) is 64.4 Å². The minimum Gasteiger partial charge on any atom is -0.444 e. The van der Waals surface area contributed by atoms with E-state index in [2.05, 4.69) is 27.2 Å². The maximum atomic E-state index is 13.4. The summed E-state index contributed by atoms with van der Waals surface area (Å²) in [6.07, 6.45) is 2.67. The number of fused-ring (bicyclic) bond motifs is 1. The predicted molar refractivity (Wildman–Crippen MR) is 170 cm³/mol. The van der Waals surface area contributed by atoms with Gasteiger partial charge in [0.05, 0.1) is 5.39 Å². The molecule has 43 heavy (non-hydrogen) atoms. The molecule has 2 amide bonds. The highest BCUT2D eigenvalue weighted by Gasteiger charge is 2.28. The SMILES string of the molecule is CC(=O)Nc1cccc(C2CCN(CCCn3nc(N4CCN(C(=O)OC(C)(C)C)CC4)c4ccccc4c3=O)CC2)c1. The molecule has 0 spiro atoms. The molecule has 5 rings (SSSR count). The van der Waals surface area contributed by atoms with Crippen molar-refractivity contribution in [1.82, 2.24) is 19.6 Å². The first kappa shape index (κ1) is 30.5. The lowest BCUT2D eigenvalue weighted by atomic mass is 9.89. The number of benzene rings is 2. The van der Waals surface area contributed by atoms with Crippen LogP contribution in [-0.2, 0) is 16.1 Å². The number of piperazine rings is 1. The van der Waals surface area contributed by atoms with Crippen LogP contribution in [0.1, 0.15) is 58.4 Å². The lowest BCUT2D eigenvalue weighted by molar-refractivity contribution is -0.114. The van der Waals surface area contributed by atoms with E-state index in [-0.39, 0.29) is 17.6 Å². The second kappa shape index (κ2) is 13.2. The minimum absolute atomic E-state index is 0.0557. The van der Waals surface area contributed by atoms with E-state index in [0.29, 0.717) is 44.0 Å². The third-order valence-corrected chi connectivity index (χ3v) is 8.19. The number of aryl methyl sites for hydroxylation is 1. The van der Waals surface area contributed by atoms with Gasteiger partial charge in [-0.15, -0.1) is 0 Å². The lowest BCUT2D eigenvalue weighted by Crippen LogP contribution is -2.50. The van der Waals surface area contributed by atoms with E-state index in [1.54, 1.807) is 9.58 Å². The highest BCUT2D eigenvalue weighted by molar-refractivity contribution is 5.91. The maximum Gasteiger partial charge on any atom is 0.410 e. The van der Waals surface area contributed by atoms with Gasteiger partial charge in [-0.25, -0.2) is 9.48 Å². The number of piperidine rings is 1. The Bertz CT molecular complexity index is 1500. The fraction of sp³-hybridized carbons (Fsp3) is 0.515. The number of hydrogen-bond acceptors (Lipinski definition) is 7. The molecule has 2 saturated heterocycles. The monoisotopic (exact) mass is 588 g/mol. The molecule has 0 aliphatic carbocycles. The molecule has 0 bridgehead atoms. The first-order chi connectivity index (χ1) is 20.6. The van der Waals surface area contributed by atoms with Crippen LogP contribution in [0.5, 0.6) is 0 Å². The van der Waals surface area contributed by atoms with Gasteiger partial charge >= 0.3 is 6.09 Å². The third-order valence-electron chi connectivity index (χ3n) is 8.19. The molecule has 0 saturated carbocycles. The van der Waals surface area contributed by atoms with Crippen molar-refractivity contribution in [3.8, 4) is 0 Å². The summed E-state index contributed by atoms with van der Waals surface area (Å²) in [6, 6.07) is 15.9. The smallest absolute Gasteiger partial charge is 0.410 e. The quantitative estimate of drug-likeness (QED) is 0.428. The molecule has 2 aromatic carbocycles. The van der Waals surface area contributed by atoms with E-state index < -0.39 is 5.60 Å².